The molecular formula is C27H25ClF6N2O3S. The van der Waals surface area contributed by atoms with E-state index >= 15 is 0 Å². The number of piperazine rings is 1. The van der Waals surface area contributed by atoms with Gasteiger partial charge >= 0.3 is 12.4 Å². The van der Waals surface area contributed by atoms with Gasteiger partial charge in [0.15, 0.2) is 0 Å². The third-order valence-electron chi connectivity index (χ3n) is 6.54. The Labute approximate surface area is 233 Å². The summed E-state index contributed by atoms with van der Waals surface area (Å²) in [5.74, 6) is 0. The first kappa shape index (κ1) is 30.3. The highest BCUT2D eigenvalue weighted by Gasteiger charge is 2.39. The molecule has 0 saturated carbocycles. The normalized spacial score (nSPS) is 16.7. The van der Waals surface area contributed by atoms with Crippen molar-refractivity contribution in [1.29, 1.82) is 0 Å². The molecule has 1 saturated heterocycles. The Morgan fingerprint density at radius 2 is 1.40 bits per heavy atom. The molecule has 1 aliphatic rings. The fourth-order valence-corrected chi connectivity index (χ4v) is 6.13. The van der Waals surface area contributed by atoms with Gasteiger partial charge in [0.25, 0.3) is 0 Å². The molecule has 0 aliphatic carbocycles. The van der Waals surface area contributed by atoms with E-state index in [0.717, 1.165) is 40.2 Å². The van der Waals surface area contributed by atoms with Crippen molar-refractivity contribution in [3.63, 3.8) is 0 Å². The van der Waals surface area contributed by atoms with Crippen molar-refractivity contribution in [2.24, 2.45) is 0 Å². The van der Waals surface area contributed by atoms with Gasteiger partial charge in [-0.05, 0) is 47.5 Å². The zero-order valence-electron chi connectivity index (χ0n) is 20.9. The molecule has 40 heavy (non-hydrogen) atoms. The Bertz CT molecular complexity index is 1390. The summed E-state index contributed by atoms with van der Waals surface area (Å²) in [5, 5.41) is 0.503. The molecule has 0 spiro atoms. The number of benzene rings is 3. The summed E-state index contributed by atoms with van der Waals surface area (Å²) >= 11 is 6.01. The average Bonchev–Trinajstić information content (AvgIpc) is 2.91. The van der Waals surface area contributed by atoms with Crippen LogP contribution >= 0.6 is 11.6 Å². The SMILES string of the molecule is O=S(=O)(c1ccccc1C(F)(F)F)N1CCN(C[C@@H](OCc2ccc(C(F)(F)F)cc2)c2ccc(Cl)cc2)CC1. The summed E-state index contributed by atoms with van der Waals surface area (Å²) in [5.41, 5.74) is -0.690. The number of hydrogen-bond acceptors (Lipinski definition) is 4. The van der Waals surface area contributed by atoms with Gasteiger partial charge in [0.1, 0.15) is 0 Å². The number of halogens is 7. The molecule has 0 bridgehead atoms. The average molecular weight is 607 g/mol. The Balaban J connectivity index is 1.44. The summed E-state index contributed by atoms with van der Waals surface area (Å²) in [6.45, 7) is 0.757. The number of rotatable bonds is 8. The Kier molecular flexibility index (Phi) is 9.15. The lowest BCUT2D eigenvalue weighted by Gasteiger charge is -2.36. The van der Waals surface area contributed by atoms with Crippen LogP contribution in [0.15, 0.2) is 77.7 Å². The zero-order valence-corrected chi connectivity index (χ0v) is 22.5. The molecule has 0 aromatic heterocycles. The maximum atomic E-state index is 13.4. The minimum Gasteiger partial charge on any atom is -0.368 e. The van der Waals surface area contributed by atoms with Gasteiger partial charge in [0, 0.05) is 37.7 Å². The summed E-state index contributed by atoms with van der Waals surface area (Å²) in [6.07, 6.45) is -9.80. The van der Waals surface area contributed by atoms with E-state index in [1.807, 2.05) is 4.90 Å². The highest BCUT2D eigenvalue weighted by Crippen LogP contribution is 2.35. The van der Waals surface area contributed by atoms with Crippen LogP contribution in [0.25, 0.3) is 0 Å². The molecule has 1 aliphatic heterocycles. The van der Waals surface area contributed by atoms with Gasteiger partial charge in [-0.25, -0.2) is 8.42 Å². The van der Waals surface area contributed by atoms with Crippen molar-refractivity contribution in [3.8, 4) is 0 Å². The van der Waals surface area contributed by atoms with Crippen molar-refractivity contribution in [2.45, 2.75) is 30.0 Å². The van der Waals surface area contributed by atoms with Gasteiger partial charge in [-0.2, -0.15) is 30.6 Å². The zero-order chi connectivity index (χ0) is 29.1. The van der Waals surface area contributed by atoms with Gasteiger partial charge < -0.3 is 4.74 Å². The summed E-state index contributed by atoms with van der Waals surface area (Å²) < 4.78 is 112. The third-order valence-corrected chi connectivity index (χ3v) is 8.75. The molecule has 5 nitrogen and oxygen atoms in total. The monoisotopic (exact) mass is 606 g/mol. The van der Waals surface area contributed by atoms with Crippen LogP contribution in [0, 0.1) is 0 Å². The number of alkyl halides is 6. The van der Waals surface area contributed by atoms with E-state index in [2.05, 4.69) is 0 Å². The molecule has 1 fully saturated rings. The minimum absolute atomic E-state index is 0.0218. The number of sulfonamides is 1. The molecule has 1 atom stereocenters. The molecule has 4 rings (SSSR count). The lowest BCUT2D eigenvalue weighted by atomic mass is 10.1. The number of ether oxygens (including phenoxy) is 1. The molecule has 0 unspecified atom stereocenters. The molecule has 216 valence electrons. The molecule has 0 N–H and O–H groups in total. The van der Waals surface area contributed by atoms with Crippen LogP contribution in [0.1, 0.15) is 28.4 Å². The Morgan fingerprint density at radius 3 is 1.98 bits per heavy atom. The van der Waals surface area contributed by atoms with E-state index in [0.29, 0.717) is 17.1 Å². The van der Waals surface area contributed by atoms with Crippen molar-refractivity contribution in [1.82, 2.24) is 9.21 Å². The first-order chi connectivity index (χ1) is 18.7. The van der Waals surface area contributed by atoms with E-state index in [4.69, 9.17) is 16.3 Å². The fourth-order valence-electron chi connectivity index (χ4n) is 4.37. The third kappa shape index (κ3) is 7.35. The van der Waals surface area contributed by atoms with Crippen LogP contribution in [0.2, 0.25) is 5.02 Å². The van der Waals surface area contributed by atoms with Crippen molar-refractivity contribution < 1.29 is 39.5 Å². The van der Waals surface area contributed by atoms with Crippen LogP contribution < -0.4 is 0 Å². The van der Waals surface area contributed by atoms with Crippen molar-refractivity contribution >= 4 is 21.6 Å². The first-order valence-electron chi connectivity index (χ1n) is 12.2. The van der Waals surface area contributed by atoms with Crippen LogP contribution in [-0.2, 0) is 33.7 Å². The van der Waals surface area contributed by atoms with E-state index in [1.165, 1.54) is 18.2 Å². The van der Waals surface area contributed by atoms with Gasteiger partial charge in [0.05, 0.1) is 28.7 Å². The quantitative estimate of drug-likeness (QED) is 0.270. The first-order valence-corrected chi connectivity index (χ1v) is 14.0. The Hall–Kier alpha value is -2.64. The maximum Gasteiger partial charge on any atom is 0.417 e. The highest BCUT2D eigenvalue weighted by molar-refractivity contribution is 7.89. The standard InChI is InChI=1S/C27H25ClF6N2O3S/c28-22-11-7-20(8-12-22)24(39-18-19-5-9-21(10-6-19)26(29,30)31)17-35-13-15-36(16-14-35)40(37,38)25-4-2-1-3-23(25)27(32,33)34/h1-12,24H,13-18H2/t24-/m1/s1. The van der Waals surface area contributed by atoms with Crippen LogP contribution in [0.4, 0.5) is 26.3 Å². The van der Waals surface area contributed by atoms with Gasteiger partial charge in [-0.1, -0.05) is 48.0 Å². The summed E-state index contributed by atoms with van der Waals surface area (Å²) in [4.78, 5) is 1.14. The number of hydrogen-bond donors (Lipinski definition) is 0. The fraction of sp³-hybridized carbons (Fsp3) is 0.333. The highest BCUT2D eigenvalue weighted by atomic mass is 35.5. The largest absolute Gasteiger partial charge is 0.417 e. The summed E-state index contributed by atoms with van der Waals surface area (Å²) in [6, 6.07) is 15.6. The molecule has 3 aromatic rings. The van der Waals surface area contributed by atoms with Gasteiger partial charge in [-0.15, -0.1) is 0 Å². The molecule has 3 aromatic carbocycles. The second-order valence-electron chi connectivity index (χ2n) is 9.24. The van der Waals surface area contributed by atoms with E-state index < -0.39 is 44.5 Å². The predicted molar refractivity (Wildman–Crippen MR) is 137 cm³/mol. The van der Waals surface area contributed by atoms with Gasteiger partial charge in [0.2, 0.25) is 10.0 Å². The number of nitrogens with zero attached hydrogens (tertiary/aromatic N) is 2. The van der Waals surface area contributed by atoms with Crippen LogP contribution in [0.5, 0.6) is 0 Å². The lowest BCUT2D eigenvalue weighted by Crippen LogP contribution is -2.49. The van der Waals surface area contributed by atoms with Crippen molar-refractivity contribution in [3.05, 3.63) is 100 Å². The summed E-state index contributed by atoms with van der Waals surface area (Å²) in [7, 11) is -4.38. The second kappa shape index (κ2) is 12.1. The van der Waals surface area contributed by atoms with Crippen LogP contribution in [0.3, 0.4) is 0 Å². The minimum atomic E-state index is -4.82. The smallest absolute Gasteiger partial charge is 0.368 e. The second-order valence-corrected chi connectivity index (χ2v) is 11.6. The van der Waals surface area contributed by atoms with E-state index in [9.17, 15) is 34.8 Å². The van der Waals surface area contributed by atoms with Crippen molar-refractivity contribution in [2.75, 3.05) is 32.7 Å². The molecule has 13 heteroatoms. The van der Waals surface area contributed by atoms with Gasteiger partial charge in [-0.3, -0.25) is 4.90 Å². The van der Waals surface area contributed by atoms with Crippen LogP contribution in [-0.4, -0.2) is 50.3 Å². The Morgan fingerprint density at radius 1 is 0.800 bits per heavy atom. The molecular weight excluding hydrogens is 582 g/mol. The topological polar surface area (TPSA) is 49.9 Å². The molecule has 1 heterocycles. The van der Waals surface area contributed by atoms with E-state index in [1.54, 1.807) is 24.3 Å². The predicted octanol–water partition coefficient (Wildman–Crippen LogP) is 6.64. The lowest BCUT2D eigenvalue weighted by molar-refractivity contribution is -0.140. The maximum absolute atomic E-state index is 13.4. The molecule has 0 radical (unpaired) electrons. The molecule has 0 amide bonds. The van der Waals surface area contributed by atoms with E-state index in [-0.39, 0.29) is 32.8 Å².